The number of H-pyrrole nitrogens is 1. The summed E-state index contributed by atoms with van der Waals surface area (Å²) < 4.78 is 5.80. The van der Waals surface area contributed by atoms with Crippen LogP contribution in [0.5, 0.6) is 0 Å². The van der Waals surface area contributed by atoms with Gasteiger partial charge >= 0.3 is 0 Å². The van der Waals surface area contributed by atoms with Crippen LogP contribution in [0, 0.1) is 10.8 Å². The molecule has 1 aromatic heterocycles. The second-order valence-electron chi connectivity index (χ2n) is 12.6. The molecule has 1 saturated heterocycles. The standard InChI is InChI=1S/C32H40N4O3/c1-30(14-15-30)23(21-8-5-4-6-9-21)19-26-34-24-11-10-22(18-25(24)35-26)32(16-17-39-20-32)29(38)36-27(28(37)33-3)31(2)12-7-13-31/h4-6,8-11,18,23,27H,7,12-17,19-20H2,1-3H3,(H,33,37)(H,34,35)(H,36,38). The molecular weight excluding hydrogens is 488 g/mol. The van der Waals surface area contributed by atoms with E-state index in [1.54, 1.807) is 7.05 Å². The van der Waals surface area contributed by atoms with E-state index in [2.05, 4.69) is 59.8 Å². The maximum absolute atomic E-state index is 13.9. The highest BCUT2D eigenvalue weighted by molar-refractivity contribution is 5.94. The molecule has 2 aromatic carbocycles. The molecule has 3 atom stereocenters. The summed E-state index contributed by atoms with van der Waals surface area (Å²) in [7, 11) is 1.63. The number of ether oxygens (including phenoxy) is 1. The van der Waals surface area contributed by atoms with E-state index in [1.165, 1.54) is 18.4 Å². The van der Waals surface area contributed by atoms with Crippen molar-refractivity contribution in [2.45, 2.75) is 76.2 Å². The van der Waals surface area contributed by atoms with E-state index in [1.807, 2.05) is 18.2 Å². The van der Waals surface area contributed by atoms with Gasteiger partial charge in [-0.2, -0.15) is 0 Å². The van der Waals surface area contributed by atoms with Crippen LogP contribution in [0.3, 0.4) is 0 Å². The van der Waals surface area contributed by atoms with Crippen LogP contribution in [0.1, 0.15) is 75.2 Å². The summed E-state index contributed by atoms with van der Waals surface area (Å²) in [5.74, 6) is 1.11. The van der Waals surface area contributed by atoms with Crippen molar-refractivity contribution in [1.82, 2.24) is 20.6 Å². The number of nitrogens with zero attached hydrogens (tertiary/aromatic N) is 1. The summed E-state index contributed by atoms with van der Waals surface area (Å²) in [6, 6.07) is 16.3. The number of hydrogen-bond donors (Lipinski definition) is 3. The fraction of sp³-hybridized carbons (Fsp3) is 0.531. The van der Waals surface area contributed by atoms with Crippen molar-refractivity contribution in [1.29, 1.82) is 0 Å². The number of aromatic amines is 1. The smallest absolute Gasteiger partial charge is 0.242 e. The van der Waals surface area contributed by atoms with Gasteiger partial charge in [-0.3, -0.25) is 9.59 Å². The maximum atomic E-state index is 13.9. The Kier molecular flexibility index (Phi) is 6.53. The van der Waals surface area contributed by atoms with Crippen LogP contribution in [-0.2, 0) is 26.2 Å². The van der Waals surface area contributed by atoms with E-state index < -0.39 is 11.5 Å². The lowest BCUT2D eigenvalue weighted by Gasteiger charge is -2.45. The zero-order chi connectivity index (χ0) is 27.3. The molecule has 6 rings (SSSR count). The minimum absolute atomic E-state index is 0.135. The molecule has 3 aliphatic rings. The Morgan fingerprint density at radius 2 is 1.79 bits per heavy atom. The summed E-state index contributed by atoms with van der Waals surface area (Å²) in [4.78, 5) is 35.3. The Morgan fingerprint density at radius 1 is 1.03 bits per heavy atom. The first-order chi connectivity index (χ1) is 18.8. The number of imidazole rings is 1. The van der Waals surface area contributed by atoms with Gasteiger partial charge in [0.05, 0.1) is 23.1 Å². The Bertz CT molecular complexity index is 1370. The molecule has 206 valence electrons. The van der Waals surface area contributed by atoms with Crippen LogP contribution in [0.25, 0.3) is 11.0 Å². The monoisotopic (exact) mass is 528 g/mol. The molecule has 3 N–H and O–H groups in total. The Hall–Kier alpha value is -3.19. The van der Waals surface area contributed by atoms with Gasteiger partial charge in [-0.15, -0.1) is 0 Å². The van der Waals surface area contributed by atoms with Crippen LogP contribution in [0.15, 0.2) is 48.5 Å². The highest BCUT2D eigenvalue weighted by Gasteiger charge is 2.50. The first-order valence-corrected chi connectivity index (χ1v) is 14.4. The minimum Gasteiger partial charge on any atom is -0.380 e. The third kappa shape index (κ3) is 4.65. The van der Waals surface area contributed by atoms with Crippen LogP contribution >= 0.6 is 0 Å². The summed E-state index contributed by atoms with van der Waals surface area (Å²) in [6.45, 7) is 5.28. The van der Waals surface area contributed by atoms with E-state index in [0.29, 0.717) is 31.0 Å². The molecular formula is C32H40N4O3. The lowest BCUT2D eigenvalue weighted by molar-refractivity contribution is -0.136. The maximum Gasteiger partial charge on any atom is 0.242 e. The SMILES string of the molecule is CNC(=O)C(NC(=O)C1(c2ccc3[nH]c(CC(c4ccccc4)C4(C)CC4)nc3c2)CCOC1)C1(C)CCC1. The minimum atomic E-state index is -0.840. The number of carbonyl (C=O) groups is 2. The molecule has 1 aliphatic heterocycles. The molecule has 2 heterocycles. The largest absolute Gasteiger partial charge is 0.380 e. The average molecular weight is 529 g/mol. The van der Waals surface area contributed by atoms with Crippen molar-refractivity contribution < 1.29 is 14.3 Å². The highest BCUT2D eigenvalue weighted by atomic mass is 16.5. The molecule has 7 nitrogen and oxygen atoms in total. The predicted octanol–water partition coefficient (Wildman–Crippen LogP) is 4.77. The summed E-state index contributed by atoms with van der Waals surface area (Å²) in [6.07, 6.45) is 6.85. The molecule has 2 saturated carbocycles. The third-order valence-corrected chi connectivity index (χ3v) is 10.00. The van der Waals surface area contributed by atoms with Gasteiger partial charge in [0.1, 0.15) is 11.9 Å². The van der Waals surface area contributed by atoms with E-state index in [0.717, 1.165) is 48.1 Å². The van der Waals surface area contributed by atoms with Crippen LogP contribution in [0.2, 0.25) is 0 Å². The van der Waals surface area contributed by atoms with Crippen molar-refractivity contribution >= 4 is 22.8 Å². The molecule has 3 aromatic rings. The molecule has 0 bridgehead atoms. The van der Waals surface area contributed by atoms with Crippen molar-refractivity contribution in [2.24, 2.45) is 10.8 Å². The van der Waals surface area contributed by atoms with E-state index in [-0.39, 0.29) is 17.2 Å². The lowest BCUT2D eigenvalue weighted by Crippen LogP contribution is -2.60. The number of likely N-dealkylation sites (N-methyl/N-ethyl adjacent to an activating group) is 1. The van der Waals surface area contributed by atoms with Gasteiger partial charge in [0, 0.05) is 20.1 Å². The van der Waals surface area contributed by atoms with E-state index >= 15 is 0 Å². The van der Waals surface area contributed by atoms with Crippen LogP contribution < -0.4 is 10.6 Å². The molecule has 0 spiro atoms. The fourth-order valence-electron chi connectivity index (χ4n) is 6.74. The normalized spacial score (nSPS) is 24.5. The van der Waals surface area contributed by atoms with Gasteiger partial charge in [0.2, 0.25) is 11.8 Å². The number of nitrogens with one attached hydrogen (secondary N) is 3. The Morgan fingerprint density at radius 3 is 2.41 bits per heavy atom. The first kappa shape index (κ1) is 26.1. The number of benzene rings is 2. The Balaban J connectivity index is 1.28. The van der Waals surface area contributed by atoms with Crippen LogP contribution in [-0.4, -0.2) is 48.1 Å². The lowest BCUT2D eigenvalue weighted by atomic mass is 9.65. The van der Waals surface area contributed by atoms with Crippen molar-refractivity contribution in [3.05, 3.63) is 65.5 Å². The molecule has 7 heteroatoms. The zero-order valence-corrected chi connectivity index (χ0v) is 23.3. The molecule has 2 amide bonds. The van der Waals surface area contributed by atoms with Gasteiger partial charge in [-0.25, -0.2) is 4.98 Å². The van der Waals surface area contributed by atoms with Crippen LogP contribution in [0.4, 0.5) is 0 Å². The third-order valence-electron chi connectivity index (χ3n) is 10.00. The average Bonchev–Trinajstić information content (AvgIpc) is 3.31. The highest BCUT2D eigenvalue weighted by Crippen LogP contribution is 2.56. The first-order valence-electron chi connectivity index (χ1n) is 14.4. The molecule has 3 unspecified atom stereocenters. The number of fused-ring (bicyclic) bond motifs is 1. The van der Waals surface area contributed by atoms with Gasteiger partial charge in [-0.1, -0.05) is 56.7 Å². The second-order valence-corrected chi connectivity index (χ2v) is 12.6. The van der Waals surface area contributed by atoms with Crippen molar-refractivity contribution in [3.63, 3.8) is 0 Å². The number of aromatic nitrogens is 2. The van der Waals surface area contributed by atoms with Gasteiger partial charge in [0.15, 0.2) is 0 Å². The predicted molar refractivity (Wildman–Crippen MR) is 151 cm³/mol. The summed E-state index contributed by atoms with van der Waals surface area (Å²) in [5.41, 5.74) is 3.35. The quantitative estimate of drug-likeness (QED) is 0.373. The topological polar surface area (TPSA) is 96.1 Å². The number of rotatable bonds is 9. The Labute approximate surface area is 230 Å². The molecule has 0 radical (unpaired) electrons. The van der Waals surface area contributed by atoms with E-state index in [4.69, 9.17) is 9.72 Å². The van der Waals surface area contributed by atoms with Gasteiger partial charge in [0.25, 0.3) is 0 Å². The van der Waals surface area contributed by atoms with Crippen molar-refractivity contribution in [2.75, 3.05) is 20.3 Å². The van der Waals surface area contributed by atoms with Gasteiger partial charge < -0.3 is 20.4 Å². The van der Waals surface area contributed by atoms with E-state index in [9.17, 15) is 9.59 Å². The summed E-state index contributed by atoms with van der Waals surface area (Å²) in [5, 5.41) is 5.91. The van der Waals surface area contributed by atoms with Gasteiger partial charge in [-0.05, 0) is 72.1 Å². The number of carbonyl (C=O) groups excluding carboxylic acids is 2. The fourth-order valence-corrected chi connectivity index (χ4v) is 6.74. The summed E-state index contributed by atoms with van der Waals surface area (Å²) >= 11 is 0. The second kappa shape index (κ2) is 9.77. The number of amides is 2. The molecule has 2 aliphatic carbocycles. The van der Waals surface area contributed by atoms with Crippen molar-refractivity contribution in [3.8, 4) is 0 Å². The number of hydrogen-bond acceptors (Lipinski definition) is 4. The molecule has 3 fully saturated rings. The molecule has 39 heavy (non-hydrogen) atoms. The zero-order valence-electron chi connectivity index (χ0n) is 23.3.